The molecule has 1 N–H and O–H groups in total. The third-order valence-corrected chi connectivity index (χ3v) is 4.53. The summed E-state index contributed by atoms with van der Waals surface area (Å²) in [5.41, 5.74) is -2.32. The summed E-state index contributed by atoms with van der Waals surface area (Å²) in [6, 6.07) is 2.96. The molecule has 1 aromatic rings. The van der Waals surface area contributed by atoms with Gasteiger partial charge in [-0.05, 0) is 38.5 Å². The van der Waals surface area contributed by atoms with E-state index in [4.69, 9.17) is 0 Å². The van der Waals surface area contributed by atoms with E-state index in [9.17, 15) is 23.5 Å². The number of benzene rings is 1. The number of rotatable bonds is 3. The predicted molar refractivity (Wildman–Crippen MR) is 84.4 cm³/mol. The zero-order valence-electron chi connectivity index (χ0n) is 13.8. The third-order valence-electron chi connectivity index (χ3n) is 4.53. The first-order valence-electron chi connectivity index (χ1n) is 7.44. The summed E-state index contributed by atoms with van der Waals surface area (Å²) in [7, 11) is 0. The number of carbonyl (C=O) groups excluding carboxylic acids is 1. The molecule has 1 saturated heterocycles. The molecule has 1 aliphatic heterocycles. The van der Waals surface area contributed by atoms with Crippen LogP contribution in [-0.2, 0) is 10.3 Å². The molecule has 5 nitrogen and oxygen atoms in total. The molecule has 0 spiro atoms. The standard InChI is InChI=1S/C17H20F2N2O3/c1-5-6-20-14(22)16(2,3)21(15(23)24)10-17(20,4)11-7-12(18)9-13(19)8-11/h5,7-9H,1,6,10H2,2-4H3,(H,23,24)/t17-/m0/s1. The van der Waals surface area contributed by atoms with Gasteiger partial charge < -0.3 is 10.0 Å². The lowest BCUT2D eigenvalue weighted by atomic mass is 9.82. The molecule has 0 bridgehead atoms. The van der Waals surface area contributed by atoms with Crippen molar-refractivity contribution in [3.63, 3.8) is 0 Å². The lowest BCUT2D eigenvalue weighted by Gasteiger charge is -2.54. The van der Waals surface area contributed by atoms with Crippen LogP contribution in [0.2, 0.25) is 0 Å². The second-order valence-corrected chi connectivity index (χ2v) is 6.56. The second-order valence-electron chi connectivity index (χ2n) is 6.56. The van der Waals surface area contributed by atoms with Crippen LogP contribution in [0.5, 0.6) is 0 Å². The summed E-state index contributed by atoms with van der Waals surface area (Å²) >= 11 is 0. The van der Waals surface area contributed by atoms with Gasteiger partial charge in [-0.2, -0.15) is 0 Å². The minimum absolute atomic E-state index is 0.113. The number of carboxylic acid groups (broad SMARTS) is 1. The van der Waals surface area contributed by atoms with Crippen molar-refractivity contribution < 1.29 is 23.5 Å². The first kappa shape index (κ1) is 17.9. The Bertz CT molecular complexity index is 685. The quantitative estimate of drug-likeness (QED) is 0.862. The molecule has 1 atom stereocenters. The molecule has 0 aromatic heterocycles. The van der Waals surface area contributed by atoms with Crippen molar-refractivity contribution in [3.8, 4) is 0 Å². The van der Waals surface area contributed by atoms with E-state index < -0.39 is 34.7 Å². The minimum Gasteiger partial charge on any atom is -0.465 e. The van der Waals surface area contributed by atoms with Gasteiger partial charge in [0.05, 0.1) is 12.1 Å². The van der Waals surface area contributed by atoms with Gasteiger partial charge in [-0.1, -0.05) is 6.08 Å². The largest absolute Gasteiger partial charge is 0.465 e. The van der Waals surface area contributed by atoms with Crippen molar-refractivity contribution in [2.45, 2.75) is 31.8 Å². The van der Waals surface area contributed by atoms with Crippen molar-refractivity contribution in [1.29, 1.82) is 0 Å². The van der Waals surface area contributed by atoms with E-state index in [1.54, 1.807) is 6.92 Å². The molecule has 1 aromatic carbocycles. The van der Waals surface area contributed by atoms with Crippen LogP contribution in [0.15, 0.2) is 30.9 Å². The summed E-state index contributed by atoms with van der Waals surface area (Å²) in [5, 5.41) is 9.48. The monoisotopic (exact) mass is 338 g/mol. The van der Waals surface area contributed by atoms with Crippen molar-refractivity contribution in [1.82, 2.24) is 9.80 Å². The fourth-order valence-corrected chi connectivity index (χ4v) is 3.09. The molecular weight excluding hydrogens is 318 g/mol. The molecule has 0 saturated carbocycles. The molecule has 1 heterocycles. The van der Waals surface area contributed by atoms with E-state index in [1.807, 2.05) is 0 Å². The average Bonchev–Trinajstić information content (AvgIpc) is 2.46. The molecule has 0 aliphatic carbocycles. The average molecular weight is 338 g/mol. The van der Waals surface area contributed by atoms with Crippen LogP contribution in [0, 0.1) is 11.6 Å². The SMILES string of the molecule is C=CCN1C(=O)C(C)(C)N(C(=O)O)C[C@@]1(C)c1cc(F)cc(F)c1. The van der Waals surface area contributed by atoms with Crippen LogP contribution < -0.4 is 0 Å². The molecule has 24 heavy (non-hydrogen) atoms. The number of amides is 2. The number of carbonyl (C=O) groups is 2. The van der Waals surface area contributed by atoms with Crippen LogP contribution in [-0.4, -0.2) is 45.5 Å². The van der Waals surface area contributed by atoms with E-state index in [0.717, 1.165) is 23.1 Å². The maximum absolute atomic E-state index is 13.7. The highest BCUT2D eigenvalue weighted by molar-refractivity contribution is 5.91. The number of nitrogens with zero attached hydrogens (tertiary/aromatic N) is 2. The van der Waals surface area contributed by atoms with Gasteiger partial charge in [-0.3, -0.25) is 9.69 Å². The summed E-state index contributed by atoms with van der Waals surface area (Å²) in [4.78, 5) is 26.9. The van der Waals surface area contributed by atoms with Gasteiger partial charge in [-0.25, -0.2) is 13.6 Å². The van der Waals surface area contributed by atoms with Crippen molar-refractivity contribution >= 4 is 12.0 Å². The van der Waals surface area contributed by atoms with E-state index in [-0.39, 0.29) is 18.7 Å². The fourth-order valence-electron chi connectivity index (χ4n) is 3.09. The van der Waals surface area contributed by atoms with Gasteiger partial charge in [-0.15, -0.1) is 6.58 Å². The molecule has 2 rings (SSSR count). The van der Waals surface area contributed by atoms with Gasteiger partial charge in [0, 0.05) is 12.6 Å². The Labute approximate surface area is 139 Å². The maximum atomic E-state index is 13.7. The molecule has 1 fully saturated rings. The van der Waals surface area contributed by atoms with Gasteiger partial charge >= 0.3 is 6.09 Å². The Kier molecular flexibility index (Phi) is 4.39. The molecular formula is C17H20F2N2O3. The van der Waals surface area contributed by atoms with Crippen molar-refractivity contribution in [2.75, 3.05) is 13.1 Å². The minimum atomic E-state index is -1.29. The lowest BCUT2D eigenvalue weighted by molar-refractivity contribution is -0.158. The Morgan fingerprint density at radius 2 is 1.83 bits per heavy atom. The normalized spacial score (nSPS) is 23.3. The Balaban J connectivity index is 2.64. The highest BCUT2D eigenvalue weighted by atomic mass is 19.1. The molecule has 130 valence electrons. The Morgan fingerprint density at radius 1 is 1.29 bits per heavy atom. The zero-order chi connectivity index (χ0) is 18.3. The van der Waals surface area contributed by atoms with Crippen LogP contribution in [0.4, 0.5) is 13.6 Å². The van der Waals surface area contributed by atoms with E-state index in [0.29, 0.717) is 0 Å². The number of halogens is 2. The topological polar surface area (TPSA) is 60.9 Å². The Morgan fingerprint density at radius 3 is 2.29 bits per heavy atom. The van der Waals surface area contributed by atoms with Crippen LogP contribution >= 0.6 is 0 Å². The smallest absolute Gasteiger partial charge is 0.408 e. The fraction of sp³-hybridized carbons (Fsp3) is 0.412. The Hall–Kier alpha value is -2.44. The first-order chi connectivity index (χ1) is 11.0. The number of hydrogen-bond donors (Lipinski definition) is 1. The maximum Gasteiger partial charge on any atom is 0.408 e. The lowest BCUT2D eigenvalue weighted by Crippen LogP contribution is -2.71. The third kappa shape index (κ3) is 2.74. The van der Waals surface area contributed by atoms with Gasteiger partial charge in [0.1, 0.15) is 17.2 Å². The van der Waals surface area contributed by atoms with E-state index in [2.05, 4.69) is 6.58 Å². The van der Waals surface area contributed by atoms with Gasteiger partial charge in [0.15, 0.2) is 0 Å². The van der Waals surface area contributed by atoms with Crippen molar-refractivity contribution in [3.05, 3.63) is 48.1 Å². The van der Waals surface area contributed by atoms with E-state index in [1.165, 1.54) is 24.8 Å². The second kappa shape index (κ2) is 5.89. The van der Waals surface area contributed by atoms with Crippen LogP contribution in [0.1, 0.15) is 26.3 Å². The highest BCUT2D eigenvalue weighted by Gasteiger charge is 2.53. The molecule has 1 aliphatic rings. The zero-order valence-corrected chi connectivity index (χ0v) is 13.8. The highest BCUT2D eigenvalue weighted by Crippen LogP contribution is 2.39. The summed E-state index contributed by atoms with van der Waals surface area (Å²) in [6.07, 6.45) is 0.230. The van der Waals surface area contributed by atoms with Crippen LogP contribution in [0.25, 0.3) is 0 Å². The summed E-state index contributed by atoms with van der Waals surface area (Å²) < 4.78 is 27.4. The van der Waals surface area contributed by atoms with Gasteiger partial charge in [0.2, 0.25) is 5.91 Å². The molecule has 2 amide bonds. The van der Waals surface area contributed by atoms with E-state index >= 15 is 0 Å². The molecule has 7 heteroatoms. The molecule has 0 radical (unpaired) electrons. The van der Waals surface area contributed by atoms with Crippen LogP contribution in [0.3, 0.4) is 0 Å². The summed E-state index contributed by atoms with van der Waals surface area (Å²) in [6.45, 7) is 8.23. The van der Waals surface area contributed by atoms with Crippen molar-refractivity contribution in [2.24, 2.45) is 0 Å². The number of hydrogen-bond acceptors (Lipinski definition) is 2. The summed E-state index contributed by atoms with van der Waals surface area (Å²) in [5.74, 6) is -2.03. The van der Waals surface area contributed by atoms with Gasteiger partial charge in [0.25, 0.3) is 0 Å². The first-order valence-corrected chi connectivity index (χ1v) is 7.44. The predicted octanol–water partition coefficient (Wildman–Crippen LogP) is 2.97. The molecule has 0 unspecified atom stereocenters. The number of piperazine rings is 1.